The molecular weight excluding hydrogens is 1020 g/mol. The Kier molecular flexibility index (Phi) is 15.6. The van der Waals surface area contributed by atoms with Crippen molar-refractivity contribution >= 4 is 82.2 Å². The van der Waals surface area contributed by atoms with Crippen LogP contribution in [0, 0.1) is 17.3 Å². The van der Waals surface area contributed by atoms with E-state index in [-0.39, 0.29) is 72.7 Å². The zero-order valence-electron chi connectivity index (χ0n) is 41.1. The van der Waals surface area contributed by atoms with E-state index in [9.17, 15) is 66.3 Å². The second kappa shape index (κ2) is 21.6. The number of halogens is 2. The highest BCUT2D eigenvalue weighted by Gasteiger charge is 2.51. The molecule has 0 bridgehead atoms. The molecule has 394 valence electrons. The molecule has 5 N–H and O–H groups in total. The van der Waals surface area contributed by atoms with Crippen molar-refractivity contribution in [1.29, 1.82) is 0 Å². The molecule has 0 spiro atoms. The van der Waals surface area contributed by atoms with Gasteiger partial charge in [-0.05, 0) is 72.0 Å². The van der Waals surface area contributed by atoms with Gasteiger partial charge >= 0.3 is 13.3 Å². The number of hydrogen-bond acceptors (Lipinski definition) is 11. The number of piperidine rings is 2. The average Bonchev–Trinajstić information content (AvgIpc) is 3.91. The van der Waals surface area contributed by atoms with Gasteiger partial charge in [0.15, 0.2) is 0 Å². The van der Waals surface area contributed by atoms with Crippen molar-refractivity contribution in [2.75, 3.05) is 39.3 Å². The molecule has 4 aliphatic heterocycles. The van der Waals surface area contributed by atoms with Gasteiger partial charge in [0.1, 0.15) is 24.5 Å². The van der Waals surface area contributed by atoms with E-state index in [4.69, 9.17) is 0 Å². The summed E-state index contributed by atoms with van der Waals surface area (Å²) in [5.41, 5.74) is -4.77. The molecule has 75 heavy (non-hydrogen) atoms. The molecule has 0 radical (unpaired) electrons. The fourth-order valence-electron chi connectivity index (χ4n) is 9.69. The van der Waals surface area contributed by atoms with Crippen LogP contribution in [-0.4, -0.2) is 140 Å². The summed E-state index contributed by atoms with van der Waals surface area (Å²) < 4.78 is 41.1. The first-order chi connectivity index (χ1) is 35.4. The van der Waals surface area contributed by atoms with Crippen molar-refractivity contribution in [2.24, 2.45) is 5.41 Å². The first kappa shape index (κ1) is 54.1. The summed E-state index contributed by atoms with van der Waals surface area (Å²) >= 11 is 0.919. The van der Waals surface area contributed by atoms with E-state index in [0.717, 1.165) is 40.4 Å². The fourth-order valence-corrected chi connectivity index (χ4v) is 11.1. The highest BCUT2D eigenvalue weighted by molar-refractivity contribution is 7.52. The molecule has 3 saturated heterocycles. The van der Waals surface area contributed by atoms with Crippen LogP contribution in [0.1, 0.15) is 112 Å². The minimum atomic E-state index is -5.87. The van der Waals surface area contributed by atoms with Gasteiger partial charge in [0, 0.05) is 67.3 Å². The summed E-state index contributed by atoms with van der Waals surface area (Å²) in [5.74, 6) is 0.258. The maximum atomic E-state index is 14.9. The number of thiophene rings is 1. The van der Waals surface area contributed by atoms with Gasteiger partial charge in [-0.3, -0.25) is 57.9 Å². The van der Waals surface area contributed by atoms with E-state index in [0.29, 0.717) is 29.8 Å². The number of rotatable bonds is 12. The SMILES string of the molecule is CC(C)(C)[C@H](NC(=O)c1cc2cc(C(F)(F)P(=O)(O)O)ccc2s1)C(=O)N1CCN(C(=O)CC(=O)NCCC#Cc2ccc3c(c2)C(=O)N(C2CCC(=O)NC2=O)C3=O)C[C@H]1C(=O)N1CCCC(c2ccccc2)C1. The van der Waals surface area contributed by atoms with Gasteiger partial charge in [-0.25, -0.2) is 0 Å². The molecule has 4 atom stereocenters. The number of likely N-dealkylation sites (tertiary alicyclic amines) is 1. The number of alkyl halides is 2. The van der Waals surface area contributed by atoms with E-state index in [2.05, 4.69) is 27.8 Å². The normalized spacial score (nSPS) is 19.7. The number of benzene rings is 3. The van der Waals surface area contributed by atoms with E-state index in [1.807, 2.05) is 30.3 Å². The van der Waals surface area contributed by atoms with Crippen molar-refractivity contribution in [3.8, 4) is 11.8 Å². The number of carbonyl (C=O) groups excluding carboxylic acids is 9. The van der Waals surface area contributed by atoms with Crippen LogP contribution in [0.3, 0.4) is 0 Å². The van der Waals surface area contributed by atoms with E-state index < -0.39 is 102 Å². The summed E-state index contributed by atoms with van der Waals surface area (Å²) in [6.07, 6.45) is 1.05. The standard InChI is InChI=1S/C52H54F2N7O12PS/c1-51(2,3)44(57-46(66)40-26-33-25-34(15-18-39(33)75-40)52(53,54)74(71,72)73)50(70)60-23-22-58(29-38(60)49(69)59-21-9-13-32(28-59)31-11-5-4-6-12-31)43(64)27-42(63)55-20-8-7-10-30-14-16-35-36(24-30)48(68)61(47(35)67)37-17-19-41(62)56-45(37)65/h4-6,11-12,14-16,18,24-26,32,37-38,44H,8-9,13,17,19-23,27-29H2,1-3H3,(H,55,63)(H,57,66)(H,56,62,65)(H2,71,72,73)/t32?,37?,38-,44+/m0/s1. The third kappa shape index (κ3) is 11.6. The summed E-state index contributed by atoms with van der Waals surface area (Å²) in [5, 5.41) is 7.72. The third-order valence-electron chi connectivity index (χ3n) is 13.7. The Balaban J connectivity index is 0.928. The summed E-state index contributed by atoms with van der Waals surface area (Å²) in [6, 6.07) is 14.8. The second-order valence-corrected chi connectivity index (χ2v) is 22.7. The zero-order chi connectivity index (χ0) is 54.1. The molecule has 5 heterocycles. The quantitative estimate of drug-likeness (QED) is 0.0443. The van der Waals surface area contributed by atoms with Crippen molar-refractivity contribution in [2.45, 2.75) is 89.0 Å². The first-order valence-corrected chi connectivity index (χ1v) is 26.7. The molecular formula is C52H54F2N7O12PS. The van der Waals surface area contributed by atoms with Crippen molar-refractivity contribution in [1.82, 2.24) is 35.6 Å². The molecule has 0 aliphatic carbocycles. The van der Waals surface area contributed by atoms with Gasteiger partial charge in [0.2, 0.25) is 35.4 Å². The summed E-state index contributed by atoms with van der Waals surface area (Å²) in [4.78, 5) is 145. The van der Waals surface area contributed by atoms with Gasteiger partial charge in [0.05, 0.1) is 22.5 Å². The molecule has 4 aromatic rings. The molecule has 9 amide bonds. The molecule has 3 fully saturated rings. The lowest BCUT2D eigenvalue weighted by Gasteiger charge is -2.45. The van der Waals surface area contributed by atoms with Gasteiger partial charge in [-0.2, -0.15) is 8.78 Å². The van der Waals surface area contributed by atoms with Crippen LogP contribution in [0.4, 0.5) is 8.78 Å². The smallest absolute Gasteiger partial charge is 0.355 e. The molecule has 8 rings (SSSR count). The van der Waals surface area contributed by atoms with Crippen molar-refractivity contribution < 1.29 is 66.3 Å². The lowest BCUT2D eigenvalue weighted by Crippen LogP contribution is -2.66. The zero-order valence-corrected chi connectivity index (χ0v) is 42.8. The van der Waals surface area contributed by atoms with Crippen LogP contribution >= 0.6 is 18.9 Å². The molecule has 2 unspecified atom stereocenters. The van der Waals surface area contributed by atoms with Gasteiger partial charge in [-0.15, -0.1) is 11.3 Å². The number of nitrogens with one attached hydrogen (secondary N) is 3. The van der Waals surface area contributed by atoms with Gasteiger partial charge in [0.25, 0.3) is 17.7 Å². The Morgan fingerprint density at radius 3 is 2.32 bits per heavy atom. The largest absolute Gasteiger partial charge is 0.399 e. The number of amides is 9. The van der Waals surface area contributed by atoms with Crippen LogP contribution in [0.15, 0.2) is 72.8 Å². The monoisotopic (exact) mass is 1070 g/mol. The second-order valence-electron chi connectivity index (χ2n) is 19.9. The summed E-state index contributed by atoms with van der Waals surface area (Å²) in [6.45, 7) is 5.48. The molecule has 19 nitrogen and oxygen atoms in total. The van der Waals surface area contributed by atoms with E-state index in [1.165, 1.54) is 34.1 Å². The Bertz CT molecular complexity index is 3130. The van der Waals surface area contributed by atoms with Crippen LogP contribution < -0.4 is 16.0 Å². The summed E-state index contributed by atoms with van der Waals surface area (Å²) in [7, 11) is -5.87. The minimum absolute atomic E-state index is 0.00545. The first-order valence-electron chi connectivity index (χ1n) is 24.2. The highest BCUT2D eigenvalue weighted by Crippen LogP contribution is 2.59. The number of imide groups is 2. The Morgan fingerprint density at radius 1 is 0.880 bits per heavy atom. The minimum Gasteiger partial charge on any atom is -0.355 e. The molecule has 23 heteroatoms. The Labute approximate surface area is 433 Å². The molecule has 4 aliphatic rings. The topological polar surface area (TPSA) is 260 Å². The maximum Gasteiger partial charge on any atom is 0.399 e. The Hall–Kier alpha value is -7.18. The van der Waals surface area contributed by atoms with E-state index >= 15 is 0 Å². The fraction of sp³-hybridized carbons (Fsp3) is 0.404. The number of fused-ring (bicyclic) bond motifs is 2. The third-order valence-corrected chi connectivity index (χ3v) is 15.8. The highest BCUT2D eigenvalue weighted by atomic mass is 32.1. The number of carbonyl (C=O) groups is 9. The predicted octanol–water partition coefficient (Wildman–Crippen LogP) is 4.07. The lowest BCUT2D eigenvalue weighted by atomic mass is 9.85. The number of hydrogen-bond donors (Lipinski definition) is 5. The average molecular weight is 1070 g/mol. The van der Waals surface area contributed by atoms with Crippen LogP contribution in [0.25, 0.3) is 10.1 Å². The molecule has 3 aromatic carbocycles. The van der Waals surface area contributed by atoms with Gasteiger partial charge in [-0.1, -0.05) is 69.0 Å². The number of nitrogens with zero attached hydrogens (tertiary/aromatic N) is 4. The predicted molar refractivity (Wildman–Crippen MR) is 268 cm³/mol. The lowest BCUT2D eigenvalue weighted by molar-refractivity contribution is -0.155. The Morgan fingerprint density at radius 2 is 1.61 bits per heavy atom. The van der Waals surface area contributed by atoms with E-state index in [1.54, 1.807) is 31.7 Å². The van der Waals surface area contributed by atoms with Crippen molar-refractivity contribution in [3.63, 3.8) is 0 Å². The maximum absolute atomic E-state index is 14.9. The van der Waals surface area contributed by atoms with Gasteiger partial charge < -0.3 is 35.1 Å². The van der Waals surface area contributed by atoms with Crippen LogP contribution in [0.2, 0.25) is 0 Å². The number of piperazine rings is 1. The van der Waals surface area contributed by atoms with Crippen LogP contribution in [-0.2, 0) is 39.0 Å². The molecule has 1 aromatic heterocycles. The van der Waals surface area contributed by atoms with Crippen LogP contribution in [0.5, 0.6) is 0 Å². The molecule has 0 saturated carbocycles. The van der Waals surface area contributed by atoms with Crippen molar-refractivity contribution in [3.05, 3.63) is 105 Å².